The number of rotatable bonds is 5. The van der Waals surface area contributed by atoms with E-state index in [1.807, 2.05) is 26.8 Å². The van der Waals surface area contributed by atoms with Gasteiger partial charge in [-0.1, -0.05) is 26.8 Å². The van der Waals surface area contributed by atoms with Crippen LogP contribution in [-0.4, -0.2) is 41.2 Å². The molecule has 0 spiro atoms. The third-order valence-electron chi connectivity index (χ3n) is 4.81. The van der Waals surface area contributed by atoms with E-state index in [1.165, 1.54) is 13.2 Å². The van der Waals surface area contributed by atoms with Crippen LogP contribution in [-0.2, 0) is 10.2 Å². The lowest BCUT2D eigenvalue weighted by Gasteiger charge is -2.21. The van der Waals surface area contributed by atoms with Crippen molar-refractivity contribution in [3.8, 4) is 5.75 Å². The Morgan fingerprint density at radius 3 is 2.37 bits per heavy atom. The number of nitro benzene ring substituents is 1. The number of nitrogens with one attached hydrogen (secondary N) is 1. The third kappa shape index (κ3) is 3.86. The summed E-state index contributed by atoms with van der Waals surface area (Å²) in [5.74, 6) is -1.57. The van der Waals surface area contributed by atoms with E-state index in [9.17, 15) is 24.5 Å². The monoisotopic (exact) mass is 411 g/mol. The Morgan fingerprint density at radius 2 is 1.77 bits per heavy atom. The lowest BCUT2D eigenvalue weighted by Crippen LogP contribution is -2.37. The molecule has 3 amide bonds. The maximum absolute atomic E-state index is 12.6. The molecule has 0 aliphatic carbocycles. The summed E-state index contributed by atoms with van der Waals surface area (Å²) in [6.45, 7) is 5.55. The first-order valence-electron chi connectivity index (χ1n) is 9.16. The first-order chi connectivity index (χ1) is 14.0. The molecular weight excluding hydrogens is 390 g/mol. The fourth-order valence-electron chi connectivity index (χ4n) is 3.14. The number of ether oxygens (including phenoxy) is 1. The number of fused-ring (bicyclic) bond motifs is 1. The van der Waals surface area contributed by atoms with Crippen molar-refractivity contribution in [1.29, 1.82) is 0 Å². The van der Waals surface area contributed by atoms with Gasteiger partial charge in [0.25, 0.3) is 17.5 Å². The van der Waals surface area contributed by atoms with E-state index < -0.39 is 29.2 Å². The zero-order chi connectivity index (χ0) is 22.2. The van der Waals surface area contributed by atoms with Gasteiger partial charge in [0.05, 0.1) is 28.8 Å². The molecule has 1 heterocycles. The first-order valence-corrected chi connectivity index (χ1v) is 9.16. The number of hydrogen-bond donors (Lipinski definition) is 1. The number of hydrogen-bond acceptors (Lipinski definition) is 6. The fourth-order valence-corrected chi connectivity index (χ4v) is 3.14. The van der Waals surface area contributed by atoms with Gasteiger partial charge in [0, 0.05) is 12.1 Å². The largest absolute Gasteiger partial charge is 0.495 e. The molecule has 1 aliphatic heterocycles. The highest BCUT2D eigenvalue weighted by Crippen LogP contribution is 2.32. The van der Waals surface area contributed by atoms with Crippen LogP contribution in [0.15, 0.2) is 36.4 Å². The van der Waals surface area contributed by atoms with E-state index in [1.54, 1.807) is 12.1 Å². The van der Waals surface area contributed by atoms with Crippen molar-refractivity contribution in [2.24, 2.45) is 0 Å². The summed E-state index contributed by atoms with van der Waals surface area (Å²) in [4.78, 5) is 48.7. The Bertz CT molecular complexity index is 1070. The Labute approximate surface area is 172 Å². The number of anilines is 1. The average molecular weight is 411 g/mol. The van der Waals surface area contributed by atoms with Crippen molar-refractivity contribution < 1.29 is 24.0 Å². The predicted octanol–water partition coefficient (Wildman–Crippen LogP) is 3.14. The molecule has 0 aromatic heterocycles. The van der Waals surface area contributed by atoms with E-state index in [-0.39, 0.29) is 22.2 Å². The summed E-state index contributed by atoms with van der Waals surface area (Å²) in [6, 6.07) is 8.83. The molecule has 0 atom stereocenters. The van der Waals surface area contributed by atoms with E-state index in [4.69, 9.17) is 4.74 Å². The quantitative estimate of drug-likeness (QED) is 0.459. The lowest BCUT2D eigenvalue weighted by molar-refractivity contribution is -0.384. The Balaban J connectivity index is 1.81. The summed E-state index contributed by atoms with van der Waals surface area (Å²) in [7, 11) is 1.47. The van der Waals surface area contributed by atoms with Crippen LogP contribution in [0.3, 0.4) is 0 Å². The molecule has 0 radical (unpaired) electrons. The van der Waals surface area contributed by atoms with Crippen LogP contribution >= 0.6 is 0 Å². The SMILES string of the molecule is COc1ccc(C(C)(C)C)cc1NC(=O)CN1C(=O)c2ccc([N+](=O)[O-])cc2C1=O. The van der Waals surface area contributed by atoms with Crippen LogP contribution in [0.1, 0.15) is 47.1 Å². The topological polar surface area (TPSA) is 119 Å². The van der Waals surface area contributed by atoms with Crippen molar-refractivity contribution in [3.63, 3.8) is 0 Å². The molecule has 0 saturated carbocycles. The van der Waals surface area contributed by atoms with E-state index >= 15 is 0 Å². The number of methoxy groups -OCH3 is 1. The van der Waals surface area contributed by atoms with Crippen LogP contribution in [0.2, 0.25) is 0 Å². The van der Waals surface area contributed by atoms with Gasteiger partial charge in [-0.25, -0.2) is 0 Å². The molecule has 0 fully saturated rings. The zero-order valence-corrected chi connectivity index (χ0v) is 17.0. The molecule has 0 bridgehead atoms. The first kappa shape index (κ1) is 21.0. The molecular formula is C21H21N3O6. The Morgan fingerprint density at radius 1 is 1.10 bits per heavy atom. The van der Waals surface area contributed by atoms with Crippen molar-refractivity contribution >= 4 is 29.1 Å². The molecule has 0 unspecified atom stereocenters. The second-order valence-electron chi connectivity index (χ2n) is 7.90. The molecule has 1 N–H and O–H groups in total. The minimum absolute atomic E-state index is 0.0331. The van der Waals surface area contributed by atoms with E-state index in [2.05, 4.69) is 5.32 Å². The average Bonchev–Trinajstić information content (AvgIpc) is 2.91. The molecule has 9 nitrogen and oxygen atoms in total. The van der Waals surface area contributed by atoms with Crippen LogP contribution in [0.25, 0.3) is 0 Å². The van der Waals surface area contributed by atoms with Gasteiger partial charge in [-0.15, -0.1) is 0 Å². The highest BCUT2D eigenvalue weighted by Gasteiger charge is 2.38. The summed E-state index contributed by atoms with van der Waals surface area (Å²) >= 11 is 0. The molecule has 1 aliphatic rings. The minimum Gasteiger partial charge on any atom is -0.495 e. The molecule has 156 valence electrons. The number of carbonyl (C=O) groups is 3. The second-order valence-corrected chi connectivity index (χ2v) is 7.90. The van der Waals surface area contributed by atoms with E-state index in [0.29, 0.717) is 11.4 Å². The highest BCUT2D eigenvalue weighted by atomic mass is 16.6. The maximum atomic E-state index is 12.6. The predicted molar refractivity (Wildman–Crippen MR) is 109 cm³/mol. The van der Waals surface area contributed by atoms with Gasteiger partial charge in [-0.05, 0) is 29.2 Å². The van der Waals surface area contributed by atoms with Gasteiger partial charge in [-0.3, -0.25) is 29.4 Å². The molecule has 3 rings (SSSR count). The maximum Gasteiger partial charge on any atom is 0.270 e. The van der Waals surface area contributed by atoms with Crippen LogP contribution in [0.4, 0.5) is 11.4 Å². The second kappa shape index (κ2) is 7.58. The number of non-ortho nitro benzene ring substituents is 1. The smallest absolute Gasteiger partial charge is 0.270 e. The van der Waals surface area contributed by atoms with Crippen LogP contribution in [0.5, 0.6) is 5.75 Å². The molecule has 2 aromatic rings. The molecule has 9 heteroatoms. The van der Waals surface area contributed by atoms with Crippen molar-refractivity contribution in [1.82, 2.24) is 4.90 Å². The Kier molecular flexibility index (Phi) is 5.30. The van der Waals surface area contributed by atoms with Crippen molar-refractivity contribution in [2.45, 2.75) is 26.2 Å². The van der Waals surface area contributed by atoms with Gasteiger partial charge in [-0.2, -0.15) is 0 Å². The van der Waals surface area contributed by atoms with Gasteiger partial charge in [0.1, 0.15) is 12.3 Å². The number of nitrogens with zero attached hydrogens (tertiary/aromatic N) is 2. The summed E-state index contributed by atoms with van der Waals surface area (Å²) < 4.78 is 5.29. The molecule has 30 heavy (non-hydrogen) atoms. The molecule has 0 saturated heterocycles. The number of nitro groups is 1. The van der Waals surface area contributed by atoms with Gasteiger partial charge in [0.15, 0.2) is 0 Å². The van der Waals surface area contributed by atoms with Gasteiger partial charge < -0.3 is 10.1 Å². The van der Waals surface area contributed by atoms with Gasteiger partial charge in [0.2, 0.25) is 5.91 Å². The number of benzene rings is 2. The number of carbonyl (C=O) groups excluding carboxylic acids is 3. The number of amides is 3. The van der Waals surface area contributed by atoms with E-state index in [0.717, 1.165) is 22.6 Å². The fraction of sp³-hybridized carbons (Fsp3) is 0.286. The highest BCUT2D eigenvalue weighted by molar-refractivity contribution is 6.23. The van der Waals surface area contributed by atoms with Gasteiger partial charge >= 0.3 is 0 Å². The van der Waals surface area contributed by atoms with Crippen molar-refractivity contribution in [2.75, 3.05) is 19.0 Å². The minimum atomic E-state index is -0.746. The standard InChI is InChI=1S/C21H21N3O6/c1-21(2,3)12-5-8-17(30-4)16(9-12)22-18(25)11-23-19(26)14-7-6-13(24(28)29)10-15(14)20(23)27/h5-10H,11H2,1-4H3,(H,22,25). The lowest BCUT2D eigenvalue weighted by atomic mass is 9.87. The van der Waals surface area contributed by atoms with Crippen LogP contribution in [0, 0.1) is 10.1 Å². The zero-order valence-electron chi connectivity index (χ0n) is 17.0. The molecule has 2 aromatic carbocycles. The number of imide groups is 1. The summed E-state index contributed by atoms with van der Waals surface area (Å²) in [5, 5.41) is 13.6. The third-order valence-corrected chi connectivity index (χ3v) is 4.81. The van der Waals surface area contributed by atoms with Crippen molar-refractivity contribution in [3.05, 3.63) is 63.2 Å². The Hall–Kier alpha value is -3.75. The summed E-state index contributed by atoms with van der Waals surface area (Å²) in [5.41, 5.74) is 0.863. The normalized spacial score (nSPS) is 13.3. The van der Waals surface area contributed by atoms with Crippen LogP contribution < -0.4 is 10.1 Å². The summed E-state index contributed by atoms with van der Waals surface area (Å²) in [6.07, 6.45) is 0.